The number of nitrogens with one attached hydrogen (secondary N) is 1. The largest absolute Gasteiger partial charge is 0.376 e. The van der Waals surface area contributed by atoms with Crippen LogP contribution in [-0.4, -0.2) is 25.2 Å². The molecule has 4 nitrogen and oxygen atoms in total. The highest BCUT2D eigenvalue weighted by atomic mass is 35.5. The van der Waals surface area contributed by atoms with Crippen molar-refractivity contribution < 1.29 is 9.53 Å². The predicted molar refractivity (Wildman–Crippen MR) is 91.1 cm³/mol. The maximum absolute atomic E-state index is 12.2. The summed E-state index contributed by atoms with van der Waals surface area (Å²) in [5.74, 6) is -0.166. The van der Waals surface area contributed by atoms with Crippen LogP contribution in [0.4, 0.5) is 0 Å². The molecular weight excluding hydrogens is 300 g/mol. The molecule has 22 heavy (non-hydrogen) atoms. The average Bonchev–Trinajstić information content (AvgIpc) is 2.53. The number of carbonyl (C=O) groups excluding carboxylic acids is 1. The standard InChI is InChI=1S/C17H26N2O2.ClH/c1-17(18,14-8-4-2-5-9-14)16(20)19-12-13-21-15-10-6-3-7-11-15;/h2,4-5,8-9,15H,3,6-7,10-13,18H2,1H3,(H,19,20);1H. The Labute approximate surface area is 139 Å². The highest BCUT2D eigenvalue weighted by Gasteiger charge is 2.29. The zero-order valence-electron chi connectivity index (χ0n) is 13.2. The molecule has 1 unspecified atom stereocenters. The molecule has 3 N–H and O–H groups in total. The molecule has 5 heteroatoms. The van der Waals surface area contributed by atoms with Gasteiger partial charge in [0.05, 0.1) is 12.7 Å². The Bertz CT molecular complexity index is 445. The average molecular weight is 327 g/mol. The lowest BCUT2D eigenvalue weighted by molar-refractivity contribution is -0.126. The molecule has 0 heterocycles. The lowest BCUT2D eigenvalue weighted by Crippen LogP contribution is -2.49. The van der Waals surface area contributed by atoms with E-state index in [1.54, 1.807) is 6.92 Å². The minimum Gasteiger partial charge on any atom is -0.376 e. The Hall–Kier alpha value is -1.10. The van der Waals surface area contributed by atoms with Crippen LogP contribution >= 0.6 is 12.4 Å². The number of hydrogen-bond acceptors (Lipinski definition) is 3. The first kappa shape index (κ1) is 18.9. The summed E-state index contributed by atoms with van der Waals surface area (Å²) in [6.07, 6.45) is 6.49. The summed E-state index contributed by atoms with van der Waals surface area (Å²) in [4.78, 5) is 12.2. The molecule has 1 amide bonds. The van der Waals surface area contributed by atoms with Gasteiger partial charge in [0, 0.05) is 6.54 Å². The first-order chi connectivity index (χ1) is 10.1. The smallest absolute Gasteiger partial charge is 0.244 e. The van der Waals surface area contributed by atoms with Crippen LogP contribution in [0.25, 0.3) is 0 Å². The van der Waals surface area contributed by atoms with Crippen LogP contribution in [-0.2, 0) is 15.1 Å². The van der Waals surface area contributed by atoms with E-state index >= 15 is 0 Å². The second kappa shape index (κ2) is 9.13. The molecule has 1 aliphatic rings. The summed E-state index contributed by atoms with van der Waals surface area (Å²) in [5.41, 5.74) is 5.96. The molecule has 124 valence electrons. The molecule has 0 aromatic heterocycles. The van der Waals surface area contributed by atoms with Crippen molar-refractivity contribution in [3.63, 3.8) is 0 Å². The molecule has 1 saturated carbocycles. The maximum atomic E-state index is 12.2. The second-order valence-corrected chi connectivity index (χ2v) is 5.96. The van der Waals surface area contributed by atoms with E-state index in [9.17, 15) is 4.79 Å². The van der Waals surface area contributed by atoms with Crippen molar-refractivity contribution in [2.75, 3.05) is 13.2 Å². The van der Waals surface area contributed by atoms with Gasteiger partial charge in [-0.1, -0.05) is 49.6 Å². The van der Waals surface area contributed by atoms with Crippen molar-refractivity contribution in [1.82, 2.24) is 5.32 Å². The van der Waals surface area contributed by atoms with Gasteiger partial charge in [-0.3, -0.25) is 4.79 Å². The summed E-state index contributed by atoms with van der Waals surface area (Å²) >= 11 is 0. The molecule has 0 aliphatic heterocycles. The van der Waals surface area contributed by atoms with Gasteiger partial charge in [-0.25, -0.2) is 0 Å². The lowest BCUT2D eigenvalue weighted by Gasteiger charge is -2.25. The van der Waals surface area contributed by atoms with Crippen molar-refractivity contribution in [3.05, 3.63) is 35.9 Å². The molecule has 2 rings (SSSR count). The van der Waals surface area contributed by atoms with E-state index in [-0.39, 0.29) is 18.3 Å². The lowest BCUT2D eigenvalue weighted by atomic mass is 9.92. The Morgan fingerprint density at radius 1 is 1.27 bits per heavy atom. The minimum absolute atomic E-state index is 0. The molecular formula is C17H27ClN2O2. The third-order valence-corrected chi connectivity index (χ3v) is 4.14. The van der Waals surface area contributed by atoms with E-state index in [1.807, 2.05) is 30.3 Å². The van der Waals surface area contributed by atoms with Gasteiger partial charge in [-0.05, 0) is 25.3 Å². The number of carbonyl (C=O) groups is 1. The van der Waals surface area contributed by atoms with Crippen molar-refractivity contribution in [2.45, 2.75) is 50.7 Å². The van der Waals surface area contributed by atoms with Crippen molar-refractivity contribution in [1.29, 1.82) is 0 Å². The van der Waals surface area contributed by atoms with Crippen LogP contribution in [0, 0.1) is 0 Å². The van der Waals surface area contributed by atoms with Crippen molar-refractivity contribution in [2.24, 2.45) is 5.73 Å². The van der Waals surface area contributed by atoms with Crippen LogP contribution in [0.3, 0.4) is 0 Å². The first-order valence-corrected chi connectivity index (χ1v) is 7.85. The van der Waals surface area contributed by atoms with E-state index in [2.05, 4.69) is 5.32 Å². The van der Waals surface area contributed by atoms with Gasteiger partial charge in [0.1, 0.15) is 5.54 Å². The Morgan fingerprint density at radius 3 is 2.55 bits per heavy atom. The Kier molecular flexibility index (Phi) is 7.87. The van der Waals surface area contributed by atoms with E-state index in [0.29, 0.717) is 19.3 Å². The zero-order valence-corrected chi connectivity index (χ0v) is 14.0. The maximum Gasteiger partial charge on any atom is 0.244 e. The van der Waals surface area contributed by atoms with Gasteiger partial charge in [-0.15, -0.1) is 12.4 Å². The second-order valence-electron chi connectivity index (χ2n) is 5.96. The summed E-state index contributed by atoms with van der Waals surface area (Å²) < 4.78 is 5.80. The fraction of sp³-hybridized carbons (Fsp3) is 0.588. The fourth-order valence-corrected chi connectivity index (χ4v) is 2.72. The number of halogens is 1. The number of ether oxygens (including phenoxy) is 1. The molecule has 1 aromatic rings. The van der Waals surface area contributed by atoms with Crippen LogP contribution in [0.2, 0.25) is 0 Å². The Balaban J connectivity index is 0.00000242. The SMILES string of the molecule is CC(N)(C(=O)NCCOC1CCCCC1)c1ccccc1.Cl. The normalized spacial score (nSPS) is 18.1. The number of hydrogen-bond donors (Lipinski definition) is 2. The van der Waals surface area contributed by atoms with Crippen molar-refractivity contribution in [3.8, 4) is 0 Å². The monoisotopic (exact) mass is 326 g/mol. The topological polar surface area (TPSA) is 64.4 Å². The third-order valence-electron chi connectivity index (χ3n) is 4.14. The highest BCUT2D eigenvalue weighted by Crippen LogP contribution is 2.20. The molecule has 1 aromatic carbocycles. The van der Waals surface area contributed by atoms with Gasteiger partial charge in [0.25, 0.3) is 0 Å². The van der Waals surface area contributed by atoms with Crippen LogP contribution < -0.4 is 11.1 Å². The van der Waals surface area contributed by atoms with Crippen LogP contribution in [0.1, 0.15) is 44.6 Å². The van der Waals surface area contributed by atoms with Crippen molar-refractivity contribution >= 4 is 18.3 Å². The molecule has 0 saturated heterocycles. The predicted octanol–water partition coefficient (Wildman–Crippen LogP) is 2.75. The molecule has 0 spiro atoms. The van der Waals surface area contributed by atoms with Gasteiger partial charge < -0.3 is 15.8 Å². The summed E-state index contributed by atoms with van der Waals surface area (Å²) in [5, 5.41) is 2.87. The van der Waals surface area contributed by atoms with E-state index in [1.165, 1.54) is 19.3 Å². The van der Waals surface area contributed by atoms with Gasteiger partial charge in [-0.2, -0.15) is 0 Å². The molecule has 0 radical (unpaired) electrons. The fourth-order valence-electron chi connectivity index (χ4n) is 2.72. The number of rotatable bonds is 6. The number of benzene rings is 1. The third kappa shape index (κ3) is 5.27. The summed E-state index contributed by atoms with van der Waals surface area (Å²) in [6.45, 7) is 2.80. The minimum atomic E-state index is -1.01. The first-order valence-electron chi connectivity index (χ1n) is 7.85. The number of amides is 1. The zero-order chi connectivity index (χ0) is 15.1. The van der Waals surface area contributed by atoms with E-state index in [4.69, 9.17) is 10.5 Å². The van der Waals surface area contributed by atoms with E-state index in [0.717, 1.165) is 18.4 Å². The number of nitrogens with two attached hydrogens (primary N) is 1. The molecule has 1 aliphatic carbocycles. The van der Waals surface area contributed by atoms with E-state index < -0.39 is 5.54 Å². The summed E-state index contributed by atoms with van der Waals surface area (Å²) in [7, 11) is 0. The van der Waals surface area contributed by atoms with Gasteiger partial charge >= 0.3 is 0 Å². The molecule has 0 bridgehead atoms. The van der Waals surface area contributed by atoms with Crippen LogP contribution in [0.15, 0.2) is 30.3 Å². The Morgan fingerprint density at radius 2 is 1.91 bits per heavy atom. The molecule has 1 atom stereocenters. The highest BCUT2D eigenvalue weighted by molar-refractivity contribution is 5.86. The molecule has 1 fully saturated rings. The summed E-state index contributed by atoms with van der Waals surface area (Å²) in [6, 6.07) is 9.44. The van der Waals surface area contributed by atoms with Gasteiger partial charge in [0.15, 0.2) is 0 Å². The van der Waals surface area contributed by atoms with Crippen LogP contribution in [0.5, 0.6) is 0 Å². The quantitative estimate of drug-likeness (QED) is 0.790. The van der Waals surface area contributed by atoms with Gasteiger partial charge in [0.2, 0.25) is 5.91 Å².